The summed E-state index contributed by atoms with van der Waals surface area (Å²) in [5.41, 5.74) is 6.12. The number of hydrogen-bond donors (Lipinski definition) is 1. The van der Waals surface area contributed by atoms with Crippen LogP contribution in [-0.4, -0.2) is 24.0 Å². The molecule has 0 spiro atoms. The minimum Gasteiger partial charge on any atom is -0.381 e. The molecule has 1 heterocycles. The van der Waals surface area contributed by atoms with Gasteiger partial charge in [-0.05, 0) is 78.3 Å². The van der Waals surface area contributed by atoms with Crippen LogP contribution in [0.3, 0.4) is 0 Å². The molecule has 158 valence electrons. The average molecular weight is 433 g/mol. The first kappa shape index (κ1) is 22.5. The summed E-state index contributed by atoms with van der Waals surface area (Å²) in [5, 5.41) is 3.65. The van der Waals surface area contributed by atoms with Crippen molar-refractivity contribution in [3.63, 3.8) is 0 Å². The third-order valence-electron chi connectivity index (χ3n) is 7.65. The average Bonchev–Trinajstić information content (AvgIpc) is 3.50. The lowest BCUT2D eigenvalue weighted by atomic mass is 9.59. The molecule has 1 saturated carbocycles. The summed E-state index contributed by atoms with van der Waals surface area (Å²) >= 11 is 0. The number of rotatable bonds is 5. The maximum Gasteiger partial charge on any atom is 0.0400 e. The first-order valence-electron chi connectivity index (χ1n) is 10.8. The molecule has 2 bridgehead atoms. The number of halogens is 2. The minimum absolute atomic E-state index is 0. The predicted molar refractivity (Wildman–Crippen MR) is 128 cm³/mol. The number of piperidine rings is 1. The fraction of sp³-hybridized carbons (Fsp3) is 0.520. The Morgan fingerprint density at radius 1 is 1.07 bits per heavy atom. The minimum atomic E-state index is 0. The maximum absolute atomic E-state index is 3.65. The molecule has 29 heavy (non-hydrogen) atoms. The second-order valence-corrected chi connectivity index (χ2v) is 9.38. The van der Waals surface area contributed by atoms with Crippen LogP contribution in [0.1, 0.15) is 49.8 Å². The second kappa shape index (κ2) is 8.88. The highest BCUT2D eigenvalue weighted by Gasteiger charge is 2.48. The maximum atomic E-state index is 3.65. The van der Waals surface area contributed by atoms with Gasteiger partial charge in [-0.2, -0.15) is 0 Å². The Morgan fingerprint density at radius 2 is 1.83 bits per heavy atom. The normalized spacial score (nSPS) is 27.9. The number of fused-ring (bicyclic) bond motifs is 4. The zero-order valence-corrected chi connectivity index (χ0v) is 19.2. The van der Waals surface area contributed by atoms with E-state index < -0.39 is 0 Å². The lowest BCUT2D eigenvalue weighted by molar-refractivity contribution is 0.0284. The van der Waals surface area contributed by atoms with Crippen molar-refractivity contribution in [1.82, 2.24) is 4.90 Å². The van der Waals surface area contributed by atoms with E-state index in [1.54, 1.807) is 11.1 Å². The molecule has 1 saturated heterocycles. The van der Waals surface area contributed by atoms with Crippen LogP contribution in [0.15, 0.2) is 48.5 Å². The summed E-state index contributed by atoms with van der Waals surface area (Å²) in [6, 6.07) is 18.6. The number of benzene rings is 2. The first-order chi connectivity index (χ1) is 13.1. The summed E-state index contributed by atoms with van der Waals surface area (Å²) in [6.07, 6.45) is 5.45. The zero-order chi connectivity index (χ0) is 18.4. The lowest BCUT2D eigenvalue weighted by Crippen LogP contribution is -2.58. The quantitative estimate of drug-likeness (QED) is 0.615. The van der Waals surface area contributed by atoms with Gasteiger partial charge in [0.1, 0.15) is 0 Å². The van der Waals surface area contributed by atoms with Gasteiger partial charge in [-0.25, -0.2) is 0 Å². The van der Waals surface area contributed by atoms with Gasteiger partial charge < -0.3 is 5.32 Å². The highest BCUT2D eigenvalue weighted by atomic mass is 35.5. The summed E-state index contributed by atoms with van der Waals surface area (Å²) in [5.74, 6) is 1.73. The molecule has 4 heteroatoms. The standard InChI is InChI=1S/C25H32N2.2ClH/c1-18-24-14-21-10-11-22(26-16-19-6-4-3-5-7-19)15-23(21)25(18,2)12-13-27(24)17-20-8-9-20;;/h3-7,10-11,15,18,20,24,26H,8-9,12-14,16-17H2,1-2H3;2*1H. The van der Waals surface area contributed by atoms with E-state index in [0.717, 1.165) is 24.4 Å². The van der Waals surface area contributed by atoms with Crippen molar-refractivity contribution in [2.75, 3.05) is 18.4 Å². The van der Waals surface area contributed by atoms with Crippen molar-refractivity contribution in [1.29, 1.82) is 0 Å². The van der Waals surface area contributed by atoms with Crippen LogP contribution in [0.2, 0.25) is 0 Å². The van der Waals surface area contributed by atoms with E-state index in [9.17, 15) is 0 Å². The molecule has 2 aromatic rings. The fourth-order valence-corrected chi connectivity index (χ4v) is 5.48. The van der Waals surface area contributed by atoms with Gasteiger partial charge in [0.05, 0.1) is 0 Å². The van der Waals surface area contributed by atoms with Gasteiger partial charge in [0, 0.05) is 24.8 Å². The monoisotopic (exact) mass is 432 g/mol. The molecule has 2 fully saturated rings. The second-order valence-electron chi connectivity index (χ2n) is 9.38. The van der Waals surface area contributed by atoms with Crippen LogP contribution in [0.5, 0.6) is 0 Å². The van der Waals surface area contributed by atoms with Gasteiger partial charge in [0.2, 0.25) is 0 Å². The molecule has 2 aromatic carbocycles. The van der Waals surface area contributed by atoms with Crippen LogP contribution in [0.4, 0.5) is 5.69 Å². The summed E-state index contributed by atoms with van der Waals surface area (Å²) in [4.78, 5) is 2.83. The van der Waals surface area contributed by atoms with E-state index in [-0.39, 0.29) is 24.8 Å². The van der Waals surface area contributed by atoms with Gasteiger partial charge in [-0.15, -0.1) is 24.8 Å². The molecule has 0 radical (unpaired) electrons. The Kier molecular flexibility index (Phi) is 6.88. The van der Waals surface area contributed by atoms with Gasteiger partial charge in [-0.1, -0.05) is 50.2 Å². The smallest absolute Gasteiger partial charge is 0.0400 e. The Labute approximate surface area is 188 Å². The summed E-state index contributed by atoms with van der Waals surface area (Å²) in [7, 11) is 0. The topological polar surface area (TPSA) is 15.3 Å². The molecule has 3 atom stereocenters. The molecule has 2 nitrogen and oxygen atoms in total. The fourth-order valence-electron chi connectivity index (χ4n) is 5.48. The zero-order valence-electron chi connectivity index (χ0n) is 17.6. The Balaban J connectivity index is 0.00000120. The van der Waals surface area contributed by atoms with E-state index in [0.29, 0.717) is 5.41 Å². The van der Waals surface area contributed by atoms with Crippen LogP contribution in [0, 0.1) is 11.8 Å². The summed E-state index contributed by atoms with van der Waals surface area (Å²) < 4.78 is 0. The SMILES string of the molecule is CC1C2Cc3ccc(NCc4ccccc4)cc3C1(C)CCN2CC1CC1.Cl.Cl. The number of likely N-dealkylation sites (tertiary alicyclic amines) is 1. The highest BCUT2D eigenvalue weighted by Crippen LogP contribution is 2.49. The van der Waals surface area contributed by atoms with Crippen LogP contribution in [-0.2, 0) is 18.4 Å². The Morgan fingerprint density at radius 3 is 2.55 bits per heavy atom. The Bertz CT molecular complexity index is 821. The van der Waals surface area contributed by atoms with E-state index in [4.69, 9.17) is 0 Å². The Hall–Kier alpha value is -1.22. The predicted octanol–water partition coefficient (Wildman–Crippen LogP) is 6.08. The number of nitrogens with zero attached hydrogens (tertiary/aromatic N) is 1. The molecular weight excluding hydrogens is 399 g/mol. The van der Waals surface area contributed by atoms with Crippen molar-refractivity contribution in [3.8, 4) is 0 Å². The van der Waals surface area contributed by atoms with E-state index in [2.05, 4.69) is 72.6 Å². The van der Waals surface area contributed by atoms with Crippen molar-refractivity contribution in [2.24, 2.45) is 11.8 Å². The van der Waals surface area contributed by atoms with E-state index in [1.807, 2.05) is 0 Å². The van der Waals surface area contributed by atoms with E-state index >= 15 is 0 Å². The molecule has 0 aromatic heterocycles. The number of anilines is 1. The van der Waals surface area contributed by atoms with E-state index in [1.165, 1.54) is 50.0 Å². The number of nitrogens with one attached hydrogen (secondary N) is 1. The van der Waals surface area contributed by atoms with Crippen LogP contribution >= 0.6 is 24.8 Å². The highest BCUT2D eigenvalue weighted by molar-refractivity contribution is 5.85. The molecular formula is C25H34Cl2N2. The van der Waals surface area contributed by atoms with Gasteiger partial charge >= 0.3 is 0 Å². The molecule has 1 N–H and O–H groups in total. The van der Waals surface area contributed by atoms with Crippen molar-refractivity contribution in [3.05, 3.63) is 65.2 Å². The van der Waals surface area contributed by atoms with Crippen molar-refractivity contribution in [2.45, 2.75) is 57.5 Å². The third kappa shape index (κ3) is 4.31. The van der Waals surface area contributed by atoms with Crippen LogP contribution < -0.4 is 5.32 Å². The third-order valence-corrected chi connectivity index (χ3v) is 7.65. The molecule has 3 unspecified atom stereocenters. The number of hydrogen-bond acceptors (Lipinski definition) is 2. The van der Waals surface area contributed by atoms with Crippen LogP contribution in [0.25, 0.3) is 0 Å². The molecule has 5 rings (SSSR count). The summed E-state index contributed by atoms with van der Waals surface area (Å²) in [6.45, 7) is 8.55. The molecule has 3 aliphatic rings. The molecule has 0 amide bonds. The largest absolute Gasteiger partial charge is 0.381 e. The molecule has 2 aliphatic carbocycles. The van der Waals surface area contributed by atoms with Crippen molar-refractivity contribution >= 4 is 30.5 Å². The molecule has 1 aliphatic heterocycles. The lowest BCUT2D eigenvalue weighted by Gasteiger charge is -2.55. The van der Waals surface area contributed by atoms with Gasteiger partial charge in [0.15, 0.2) is 0 Å². The van der Waals surface area contributed by atoms with Gasteiger partial charge in [-0.3, -0.25) is 4.90 Å². The van der Waals surface area contributed by atoms with Gasteiger partial charge in [0.25, 0.3) is 0 Å². The van der Waals surface area contributed by atoms with Crippen molar-refractivity contribution < 1.29 is 0 Å². The first-order valence-corrected chi connectivity index (χ1v) is 10.8.